The second-order valence-corrected chi connectivity index (χ2v) is 5.60. The maximum atomic E-state index is 9.92. The van der Waals surface area contributed by atoms with Gasteiger partial charge in [-0.25, -0.2) is 0 Å². The van der Waals surface area contributed by atoms with Gasteiger partial charge in [-0.15, -0.1) is 0 Å². The van der Waals surface area contributed by atoms with Crippen LogP contribution in [0.3, 0.4) is 0 Å². The molecule has 0 aromatic heterocycles. The standard InChI is InChI=1S/C14H22BrNO/c1-5-6-10(2)16(4)11(3)13-9-12(15)7-8-14(13)17/h7-11,17H,5-6H2,1-4H3. The number of nitrogens with zero attached hydrogens (tertiary/aromatic N) is 1. The van der Waals surface area contributed by atoms with E-state index < -0.39 is 0 Å². The molecule has 0 amide bonds. The Bertz CT molecular complexity index is 367. The summed E-state index contributed by atoms with van der Waals surface area (Å²) < 4.78 is 1.01. The Balaban J connectivity index is 2.87. The van der Waals surface area contributed by atoms with Gasteiger partial charge in [-0.1, -0.05) is 29.3 Å². The predicted octanol–water partition coefficient (Wildman–Crippen LogP) is 4.34. The third-order valence-electron chi connectivity index (χ3n) is 3.45. The summed E-state index contributed by atoms with van der Waals surface area (Å²) in [5.41, 5.74) is 0.977. The van der Waals surface area contributed by atoms with Crippen LogP contribution in [0.25, 0.3) is 0 Å². The first-order valence-electron chi connectivity index (χ1n) is 6.17. The van der Waals surface area contributed by atoms with Gasteiger partial charge in [0.1, 0.15) is 5.75 Å². The summed E-state index contributed by atoms with van der Waals surface area (Å²) in [6.45, 7) is 6.56. The summed E-state index contributed by atoms with van der Waals surface area (Å²) in [7, 11) is 2.12. The average molecular weight is 300 g/mol. The van der Waals surface area contributed by atoms with E-state index in [1.165, 1.54) is 12.8 Å². The highest BCUT2D eigenvalue weighted by molar-refractivity contribution is 9.10. The van der Waals surface area contributed by atoms with E-state index >= 15 is 0 Å². The zero-order valence-electron chi connectivity index (χ0n) is 11.1. The van der Waals surface area contributed by atoms with Crippen LogP contribution in [0, 0.1) is 0 Å². The Kier molecular flexibility index (Phi) is 5.47. The second-order valence-electron chi connectivity index (χ2n) is 4.68. The van der Waals surface area contributed by atoms with Crippen molar-refractivity contribution in [2.24, 2.45) is 0 Å². The van der Waals surface area contributed by atoms with Gasteiger partial charge in [-0.3, -0.25) is 4.90 Å². The van der Waals surface area contributed by atoms with Crippen LogP contribution in [0.4, 0.5) is 0 Å². The molecule has 0 aliphatic carbocycles. The lowest BCUT2D eigenvalue weighted by Crippen LogP contribution is -2.31. The molecule has 0 aliphatic heterocycles. The molecular weight excluding hydrogens is 278 g/mol. The normalized spacial score (nSPS) is 14.9. The van der Waals surface area contributed by atoms with Crippen molar-refractivity contribution >= 4 is 15.9 Å². The number of aromatic hydroxyl groups is 1. The fourth-order valence-corrected chi connectivity index (χ4v) is 2.46. The highest BCUT2D eigenvalue weighted by Gasteiger charge is 2.19. The van der Waals surface area contributed by atoms with Crippen LogP contribution in [0.15, 0.2) is 22.7 Å². The number of hydrogen-bond donors (Lipinski definition) is 1. The Hall–Kier alpha value is -0.540. The maximum Gasteiger partial charge on any atom is 0.120 e. The molecule has 2 atom stereocenters. The average Bonchev–Trinajstić information content (AvgIpc) is 2.30. The number of benzene rings is 1. The first-order chi connectivity index (χ1) is 7.97. The van der Waals surface area contributed by atoms with Crippen LogP contribution >= 0.6 is 15.9 Å². The quantitative estimate of drug-likeness (QED) is 0.874. The zero-order chi connectivity index (χ0) is 13.0. The van der Waals surface area contributed by atoms with E-state index in [2.05, 4.69) is 48.6 Å². The molecule has 96 valence electrons. The lowest BCUT2D eigenvalue weighted by molar-refractivity contribution is 0.185. The van der Waals surface area contributed by atoms with Crippen molar-refractivity contribution in [3.63, 3.8) is 0 Å². The molecule has 0 saturated heterocycles. The summed E-state index contributed by atoms with van der Waals surface area (Å²) in [6.07, 6.45) is 2.36. The molecule has 0 aliphatic rings. The van der Waals surface area contributed by atoms with E-state index in [9.17, 15) is 5.11 Å². The lowest BCUT2D eigenvalue weighted by atomic mass is 10.0. The molecule has 0 bridgehead atoms. The van der Waals surface area contributed by atoms with E-state index in [4.69, 9.17) is 0 Å². The van der Waals surface area contributed by atoms with Crippen LogP contribution in [0.5, 0.6) is 5.75 Å². The summed E-state index contributed by atoms with van der Waals surface area (Å²) in [5, 5.41) is 9.92. The van der Waals surface area contributed by atoms with Crippen LogP contribution in [-0.4, -0.2) is 23.1 Å². The minimum absolute atomic E-state index is 0.217. The van der Waals surface area contributed by atoms with Crippen LogP contribution in [0.2, 0.25) is 0 Å². The number of phenolic OH excluding ortho intramolecular Hbond substituents is 1. The smallest absolute Gasteiger partial charge is 0.120 e. The van der Waals surface area contributed by atoms with E-state index in [-0.39, 0.29) is 6.04 Å². The summed E-state index contributed by atoms with van der Waals surface area (Å²) in [4.78, 5) is 2.31. The second kappa shape index (κ2) is 6.41. The van der Waals surface area contributed by atoms with Gasteiger partial charge in [0.25, 0.3) is 0 Å². The molecule has 0 fully saturated rings. The Morgan fingerprint density at radius 1 is 1.35 bits per heavy atom. The summed E-state index contributed by atoms with van der Waals surface area (Å²) in [5.74, 6) is 0.372. The van der Waals surface area contributed by atoms with Crippen LogP contribution in [-0.2, 0) is 0 Å². The lowest BCUT2D eigenvalue weighted by Gasteiger charge is -2.31. The summed E-state index contributed by atoms with van der Waals surface area (Å²) in [6, 6.07) is 6.34. The molecule has 3 heteroatoms. The fourth-order valence-electron chi connectivity index (χ4n) is 2.08. The SMILES string of the molecule is CCCC(C)N(C)C(C)c1cc(Br)ccc1O. The van der Waals surface area contributed by atoms with E-state index in [0.29, 0.717) is 11.8 Å². The molecule has 0 saturated carbocycles. The van der Waals surface area contributed by atoms with E-state index in [0.717, 1.165) is 10.0 Å². The zero-order valence-corrected chi connectivity index (χ0v) is 12.7. The van der Waals surface area contributed by atoms with Gasteiger partial charge in [0.05, 0.1) is 0 Å². The van der Waals surface area contributed by atoms with Crippen molar-refractivity contribution in [3.05, 3.63) is 28.2 Å². The third kappa shape index (κ3) is 3.71. The number of halogens is 1. The fraction of sp³-hybridized carbons (Fsp3) is 0.571. The Morgan fingerprint density at radius 3 is 2.59 bits per heavy atom. The number of hydrogen-bond acceptors (Lipinski definition) is 2. The largest absolute Gasteiger partial charge is 0.508 e. The molecule has 2 nitrogen and oxygen atoms in total. The molecule has 17 heavy (non-hydrogen) atoms. The third-order valence-corrected chi connectivity index (χ3v) is 3.95. The van der Waals surface area contributed by atoms with Gasteiger partial charge in [0.15, 0.2) is 0 Å². The van der Waals surface area contributed by atoms with Crippen molar-refractivity contribution in [2.45, 2.75) is 45.7 Å². The van der Waals surface area contributed by atoms with Crippen molar-refractivity contribution in [3.8, 4) is 5.75 Å². The molecule has 1 N–H and O–H groups in total. The Labute approximate surface area is 113 Å². The number of phenols is 1. The number of rotatable bonds is 5. The first-order valence-corrected chi connectivity index (χ1v) is 6.97. The highest BCUT2D eigenvalue weighted by Crippen LogP contribution is 2.31. The van der Waals surface area contributed by atoms with Crippen LogP contribution < -0.4 is 0 Å². The van der Waals surface area contributed by atoms with Gasteiger partial charge >= 0.3 is 0 Å². The molecule has 1 aromatic rings. The van der Waals surface area contributed by atoms with Crippen molar-refractivity contribution in [1.29, 1.82) is 0 Å². The van der Waals surface area contributed by atoms with Crippen LogP contribution in [0.1, 0.15) is 45.2 Å². The first kappa shape index (κ1) is 14.5. The van der Waals surface area contributed by atoms with Gasteiger partial charge in [0.2, 0.25) is 0 Å². The van der Waals surface area contributed by atoms with E-state index in [1.807, 2.05) is 12.1 Å². The Morgan fingerprint density at radius 2 is 2.00 bits per heavy atom. The van der Waals surface area contributed by atoms with Gasteiger partial charge < -0.3 is 5.11 Å². The van der Waals surface area contributed by atoms with Gasteiger partial charge in [-0.05, 0) is 45.5 Å². The molecule has 1 aromatic carbocycles. The van der Waals surface area contributed by atoms with Crippen molar-refractivity contribution in [1.82, 2.24) is 4.90 Å². The maximum absolute atomic E-state index is 9.92. The van der Waals surface area contributed by atoms with Gasteiger partial charge in [-0.2, -0.15) is 0 Å². The highest BCUT2D eigenvalue weighted by atomic mass is 79.9. The molecule has 1 rings (SSSR count). The molecule has 0 heterocycles. The predicted molar refractivity (Wildman–Crippen MR) is 76.4 cm³/mol. The van der Waals surface area contributed by atoms with E-state index in [1.54, 1.807) is 6.07 Å². The molecule has 2 unspecified atom stereocenters. The molecular formula is C14H22BrNO. The topological polar surface area (TPSA) is 23.5 Å². The van der Waals surface area contributed by atoms with Gasteiger partial charge in [0, 0.05) is 22.1 Å². The minimum atomic E-state index is 0.217. The van der Waals surface area contributed by atoms with Crippen molar-refractivity contribution < 1.29 is 5.11 Å². The monoisotopic (exact) mass is 299 g/mol. The molecule has 0 radical (unpaired) electrons. The minimum Gasteiger partial charge on any atom is -0.508 e. The van der Waals surface area contributed by atoms with Crippen molar-refractivity contribution in [2.75, 3.05) is 7.05 Å². The summed E-state index contributed by atoms with van der Waals surface area (Å²) >= 11 is 3.45. The molecule has 0 spiro atoms.